The molecule has 140 valence electrons. The van der Waals surface area contributed by atoms with Crippen LogP contribution in [0.5, 0.6) is 0 Å². The van der Waals surface area contributed by atoms with Gasteiger partial charge in [0.05, 0.1) is 10.9 Å². The zero-order valence-electron chi connectivity index (χ0n) is 16.6. The fourth-order valence-electron chi connectivity index (χ4n) is 5.99. The highest BCUT2D eigenvalue weighted by Gasteiger charge is 2.40. The number of aromatic nitrogens is 1. The molecule has 0 saturated heterocycles. The zero-order chi connectivity index (χ0) is 18.8. The Hall–Kier alpha value is -2.19. The van der Waals surface area contributed by atoms with E-state index in [1.165, 1.54) is 63.4 Å². The van der Waals surface area contributed by atoms with Gasteiger partial charge in [0.2, 0.25) is 5.69 Å². The number of aryl methyl sites for hydroxylation is 2. The van der Waals surface area contributed by atoms with Crippen LogP contribution in [-0.4, -0.2) is 0 Å². The summed E-state index contributed by atoms with van der Waals surface area (Å²) in [5, 5.41) is 6.31. The van der Waals surface area contributed by atoms with Crippen LogP contribution in [0.1, 0.15) is 42.7 Å². The average molecular weight is 385 g/mol. The number of hydrogen-bond acceptors (Lipinski definition) is 1. The van der Waals surface area contributed by atoms with Crippen LogP contribution in [0.4, 0.5) is 0 Å². The normalized spacial score (nSPS) is 23.9. The molecule has 1 nitrogen and oxygen atoms in total. The number of nitrogens with zero attached hydrogens (tertiary/aromatic N) is 1. The molecule has 3 unspecified atom stereocenters. The molecule has 0 aliphatic heterocycles. The Morgan fingerprint density at radius 2 is 1.89 bits per heavy atom. The smallest absolute Gasteiger partial charge is 0.200 e. The van der Waals surface area contributed by atoms with E-state index in [-0.39, 0.29) is 0 Å². The van der Waals surface area contributed by atoms with E-state index in [2.05, 4.69) is 72.6 Å². The Morgan fingerprint density at radius 3 is 2.71 bits per heavy atom. The maximum absolute atomic E-state index is 2.49. The average Bonchev–Trinajstić information content (AvgIpc) is 3.44. The van der Waals surface area contributed by atoms with Gasteiger partial charge < -0.3 is 0 Å². The molecule has 0 radical (unpaired) electrons. The monoisotopic (exact) mass is 384 g/mol. The molecule has 2 aromatic carbocycles. The van der Waals surface area contributed by atoms with E-state index in [0.717, 1.165) is 17.8 Å². The van der Waals surface area contributed by atoms with Crippen LogP contribution in [0.3, 0.4) is 0 Å². The molecule has 3 atom stereocenters. The number of hydrogen-bond donors (Lipinski definition) is 0. The van der Waals surface area contributed by atoms with Crippen LogP contribution in [0.25, 0.3) is 32.1 Å². The van der Waals surface area contributed by atoms with Gasteiger partial charge in [-0.3, -0.25) is 0 Å². The first-order valence-electron chi connectivity index (χ1n) is 10.6. The van der Waals surface area contributed by atoms with E-state index in [1.54, 1.807) is 5.56 Å². The first kappa shape index (κ1) is 16.7. The molecule has 0 spiro atoms. The molecule has 2 aliphatic rings. The minimum atomic E-state index is 0.796. The molecule has 0 amide bonds. The molecule has 6 rings (SSSR count). The van der Waals surface area contributed by atoms with E-state index in [9.17, 15) is 0 Å². The van der Waals surface area contributed by atoms with Crippen molar-refractivity contribution in [2.24, 2.45) is 18.9 Å². The second-order valence-corrected chi connectivity index (χ2v) is 9.98. The lowest BCUT2D eigenvalue weighted by Gasteiger charge is -2.22. The second-order valence-electron chi connectivity index (χ2n) is 9.03. The van der Waals surface area contributed by atoms with E-state index in [1.807, 2.05) is 11.3 Å². The SMILES string of the molecule is Cc1cc2ccsc2cc1-c1c2ccc(C3CC4CCC3C4)cc2cc[n+]1C. The quantitative estimate of drug-likeness (QED) is 0.336. The van der Waals surface area contributed by atoms with Gasteiger partial charge in [-0.15, -0.1) is 11.3 Å². The Morgan fingerprint density at radius 1 is 0.964 bits per heavy atom. The molecule has 4 aromatic rings. The highest BCUT2D eigenvalue weighted by atomic mass is 32.1. The van der Waals surface area contributed by atoms with Gasteiger partial charge in [0.25, 0.3) is 0 Å². The lowest BCUT2D eigenvalue weighted by Crippen LogP contribution is -2.30. The summed E-state index contributed by atoms with van der Waals surface area (Å²) in [5.41, 5.74) is 5.62. The Kier molecular flexibility index (Phi) is 3.68. The molecule has 2 bridgehead atoms. The summed E-state index contributed by atoms with van der Waals surface area (Å²) in [6.07, 6.45) is 8.04. The summed E-state index contributed by atoms with van der Waals surface area (Å²) in [7, 11) is 2.18. The van der Waals surface area contributed by atoms with Crippen molar-refractivity contribution in [3.63, 3.8) is 0 Å². The predicted molar refractivity (Wildman–Crippen MR) is 119 cm³/mol. The molecule has 2 heteroatoms. The maximum atomic E-state index is 2.49. The largest absolute Gasteiger partial charge is 0.220 e. The van der Waals surface area contributed by atoms with Crippen molar-refractivity contribution in [2.45, 2.75) is 38.5 Å². The molecular formula is C26H26NS+. The Bertz CT molecular complexity index is 1220. The number of pyridine rings is 1. The highest BCUT2D eigenvalue weighted by Crippen LogP contribution is 2.53. The maximum Gasteiger partial charge on any atom is 0.220 e. The third-order valence-corrected chi connectivity index (χ3v) is 8.26. The van der Waals surface area contributed by atoms with Gasteiger partial charge in [0.15, 0.2) is 6.20 Å². The fraction of sp³-hybridized carbons (Fsp3) is 0.346. The van der Waals surface area contributed by atoms with Gasteiger partial charge in [-0.1, -0.05) is 18.6 Å². The van der Waals surface area contributed by atoms with E-state index >= 15 is 0 Å². The van der Waals surface area contributed by atoms with Crippen molar-refractivity contribution < 1.29 is 4.57 Å². The van der Waals surface area contributed by atoms with Gasteiger partial charge in [-0.25, -0.2) is 4.57 Å². The number of thiophene rings is 1. The van der Waals surface area contributed by atoms with Gasteiger partial charge >= 0.3 is 0 Å². The molecule has 2 aliphatic carbocycles. The minimum absolute atomic E-state index is 0.796. The Balaban J connectivity index is 1.52. The summed E-state index contributed by atoms with van der Waals surface area (Å²) in [4.78, 5) is 0. The Labute approximate surface area is 170 Å². The van der Waals surface area contributed by atoms with Crippen LogP contribution in [0, 0.1) is 18.8 Å². The standard InChI is InChI=1S/C26H26NS/c1-16-11-21-8-10-28-25(21)15-23(16)26-22-6-5-19(14-20(22)7-9-27(26)2)24-13-17-3-4-18(24)12-17/h5-11,14-15,17-18,24H,3-4,12-13H2,1-2H3/q+1. The van der Waals surface area contributed by atoms with Crippen molar-refractivity contribution >= 4 is 32.2 Å². The van der Waals surface area contributed by atoms with Crippen LogP contribution in [-0.2, 0) is 7.05 Å². The minimum Gasteiger partial charge on any atom is -0.200 e. The van der Waals surface area contributed by atoms with Gasteiger partial charge in [-0.2, -0.15) is 0 Å². The third-order valence-electron chi connectivity index (χ3n) is 7.38. The second kappa shape index (κ2) is 6.15. The fourth-order valence-corrected chi connectivity index (χ4v) is 6.80. The molecule has 2 saturated carbocycles. The van der Waals surface area contributed by atoms with Crippen molar-refractivity contribution in [1.82, 2.24) is 0 Å². The van der Waals surface area contributed by atoms with E-state index in [4.69, 9.17) is 0 Å². The number of benzene rings is 2. The first-order valence-corrected chi connectivity index (χ1v) is 11.5. The molecule has 28 heavy (non-hydrogen) atoms. The molecular weight excluding hydrogens is 358 g/mol. The third kappa shape index (κ3) is 2.47. The summed E-state index contributed by atoms with van der Waals surface area (Å²) in [6.45, 7) is 2.24. The highest BCUT2D eigenvalue weighted by molar-refractivity contribution is 7.17. The van der Waals surface area contributed by atoms with Gasteiger partial charge in [-0.05, 0) is 95.5 Å². The van der Waals surface area contributed by atoms with Crippen molar-refractivity contribution in [3.05, 3.63) is 65.2 Å². The van der Waals surface area contributed by atoms with E-state index < -0.39 is 0 Å². The lowest BCUT2D eigenvalue weighted by molar-refractivity contribution is -0.659. The van der Waals surface area contributed by atoms with Crippen molar-refractivity contribution in [1.29, 1.82) is 0 Å². The van der Waals surface area contributed by atoms with Crippen LogP contribution in [0.2, 0.25) is 0 Å². The van der Waals surface area contributed by atoms with Gasteiger partial charge in [0, 0.05) is 10.8 Å². The molecule has 2 aromatic heterocycles. The van der Waals surface area contributed by atoms with Crippen LogP contribution in [0.15, 0.2) is 54.0 Å². The van der Waals surface area contributed by atoms with Crippen molar-refractivity contribution in [2.75, 3.05) is 0 Å². The summed E-state index contributed by atoms with van der Waals surface area (Å²) >= 11 is 1.83. The summed E-state index contributed by atoms with van der Waals surface area (Å²) < 4.78 is 3.66. The number of rotatable bonds is 2. The zero-order valence-corrected chi connectivity index (χ0v) is 17.4. The first-order chi connectivity index (χ1) is 13.7. The predicted octanol–water partition coefficient (Wildman–Crippen LogP) is 6.76. The molecule has 2 fully saturated rings. The van der Waals surface area contributed by atoms with Crippen LogP contribution >= 0.6 is 11.3 Å². The molecule has 0 N–H and O–H groups in total. The lowest BCUT2D eigenvalue weighted by atomic mass is 9.82. The van der Waals surface area contributed by atoms with Crippen LogP contribution < -0.4 is 4.57 Å². The summed E-state index contributed by atoms with van der Waals surface area (Å²) in [6, 6.07) is 16.6. The summed E-state index contributed by atoms with van der Waals surface area (Å²) in [5.74, 6) is 2.73. The van der Waals surface area contributed by atoms with E-state index in [0.29, 0.717) is 0 Å². The number of fused-ring (bicyclic) bond motifs is 4. The topological polar surface area (TPSA) is 3.88 Å². The molecule has 2 heterocycles. The van der Waals surface area contributed by atoms with Gasteiger partial charge in [0.1, 0.15) is 7.05 Å². The van der Waals surface area contributed by atoms with Crippen molar-refractivity contribution in [3.8, 4) is 11.3 Å².